The number of aryl methyl sites for hydroxylation is 1. The molecule has 33 heavy (non-hydrogen) atoms. The molecule has 2 aliphatic rings. The van der Waals surface area contributed by atoms with Gasteiger partial charge in [-0.3, -0.25) is 14.5 Å². The van der Waals surface area contributed by atoms with E-state index in [-0.39, 0.29) is 16.6 Å². The van der Waals surface area contributed by atoms with Gasteiger partial charge in [0.15, 0.2) is 5.43 Å². The predicted octanol–water partition coefficient (Wildman–Crippen LogP) is 4.76. The molecular formula is C26H29N3O2S2. The number of thiophene rings is 1. The molecule has 1 aromatic carbocycles. The van der Waals surface area contributed by atoms with Crippen LogP contribution in [0.2, 0.25) is 0 Å². The maximum absolute atomic E-state index is 13.8. The first-order valence-corrected chi connectivity index (χ1v) is 13.4. The number of amides is 1. The van der Waals surface area contributed by atoms with E-state index < -0.39 is 0 Å². The van der Waals surface area contributed by atoms with Crippen molar-refractivity contribution in [3.63, 3.8) is 0 Å². The van der Waals surface area contributed by atoms with E-state index in [4.69, 9.17) is 0 Å². The zero-order valence-corrected chi connectivity index (χ0v) is 20.8. The average Bonchev–Trinajstić information content (AvgIpc) is 3.29. The lowest BCUT2D eigenvalue weighted by atomic mass is 10.0. The molecule has 172 valence electrons. The number of fused-ring (bicyclic) bond motifs is 3. The Kier molecular flexibility index (Phi) is 6.45. The van der Waals surface area contributed by atoms with Gasteiger partial charge in [-0.2, -0.15) is 11.3 Å². The summed E-state index contributed by atoms with van der Waals surface area (Å²) in [4.78, 5) is 32.5. The number of pyridine rings is 1. The lowest BCUT2D eigenvalue weighted by molar-refractivity contribution is 0.0634. The summed E-state index contributed by atoms with van der Waals surface area (Å²) < 4.78 is 2.15. The zero-order valence-electron chi connectivity index (χ0n) is 19.1. The van der Waals surface area contributed by atoms with Crippen molar-refractivity contribution < 1.29 is 4.79 Å². The van der Waals surface area contributed by atoms with E-state index in [1.807, 2.05) is 29.7 Å². The molecule has 0 saturated carbocycles. The van der Waals surface area contributed by atoms with Crippen molar-refractivity contribution in [2.24, 2.45) is 0 Å². The van der Waals surface area contributed by atoms with Crippen LogP contribution in [0, 0.1) is 6.92 Å². The maximum Gasteiger partial charge on any atom is 0.259 e. The van der Waals surface area contributed by atoms with Crippen LogP contribution < -0.4 is 5.43 Å². The molecule has 4 heterocycles. The van der Waals surface area contributed by atoms with E-state index in [0.29, 0.717) is 25.1 Å². The smallest absolute Gasteiger partial charge is 0.259 e. The molecule has 1 fully saturated rings. The van der Waals surface area contributed by atoms with E-state index in [2.05, 4.69) is 51.4 Å². The minimum absolute atomic E-state index is 0.117. The first-order chi connectivity index (χ1) is 16.1. The number of nitrogens with zero attached hydrogens (tertiary/aromatic N) is 3. The standard InChI is InChI=1S/C26H29N3O2S2/c1-3-9-27-10-12-28(13-11-27)26(31)25-21-16-24(19-8-14-32-17-19)33-23-7-5-4-6-20(23)29(21)18(2)15-22(25)30/h4-8,14-15,17,24H,3,9-13,16H2,1-2H3/t24-/m1/s1. The summed E-state index contributed by atoms with van der Waals surface area (Å²) in [5, 5.41) is 4.43. The van der Waals surface area contributed by atoms with Crippen molar-refractivity contribution in [1.29, 1.82) is 0 Å². The third-order valence-corrected chi connectivity index (χ3v) is 8.60. The minimum atomic E-state index is -0.159. The number of piperazine rings is 1. The molecule has 7 heteroatoms. The van der Waals surface area contributed by atoms with Gasteiger partial charge in [0.2, 0.25) is 0 Å². The molecule has 0 bridgehead atoms. The van der Waals surface area contributed by atoms with E-state index in [0.717, 1.165) is 43.1 Å². The summed E-state index contributed by atoms with van der Waals surface area (Å²) in [6.07, 6.45) is 1.76. The molecule has 0 unspecified atom stereocenters. The Bertz CT molecular complexity index is 1210. The van der Waals surface area contributed by atoms with Gasteiger partial charge in [-0.1, -0.05) is 19.1 Å². The number of hydrogen-bond donors (Lipinski definition) is 0. The Balaban J connectivity index is 1.61. The Labute approximate surface area is 203 Å². The summed E-state index contributed by atoms with van der Waals surface area (Å²) >= 11 is 3.51. The van der Waals surface area contributed by atoms with Crippen molar-refractivity contribution in [3.8, 4) is 5.69 Å². The third-order valence-electron chi connectivity index (χ3n) is 6.58. The van der Waals surface area contributed by atoms with E-state index >= 15 is 0 Å². The topological polar surface area (TPSA) is 45.5 Å². The normalized spacial score (nSPS) is 18.5. The van der Waals surface area contributed by atoms with Crippen LogP contribution in [-0.4, -0.2) is 53.0 Å². The second-order valence-electron chi connectivity index (χ2n) is 8.78. The minimum Gasteiger partial charge on any atom is -0.336 e. The number of benzene rings is 1. The molecular weight excluding hydrogens is 450 g/mol. The lowest BCUT2D eigenvalue weighted by Gasteiger charge is -2.35. The molecule has 2 aromatic heterocycles. The van der Waals surface area contributed by atoms with Gasteiger partial charge in [-0.15, -0.1) is 11.8 Å². The van der Waals surface area contributed by atoms with Crippen LogP contribution in [0.15, 0.2) is 56.8 Å². The maximum atomic E-state index is 13.8. The van der Waals surface area contributed by atoms with E-state index in [1.165, 1.54) is 10.5 Å². The van der Waals surface area contributed by atoms with Crippen molar-refractivity contribution in [3.05, 3.63) is 79.9 Å². The van der Waals surface area contributed by atoms with Gasteiger partial charge >= 0.3 is 0 Å². The number of thioether (sulfide) groups is 1. The SMILES string of the molecule is CCCN1CCN(C(=O)c2c3n(c(C)cc2=O)-c2ccccc2S[C@@H](c2ccsc2)C3)CC1. The molecule has 0 radical (unpaired) electrons. The first kappa shape index (κ1) is 22.4. The van der Waals surface area contributed by atoms with Crippen molar-refractivity contribution in [1.82, 2.24) is 14.4 Å². The van der Waals surface area contributed by atoms with Crippen LogP contribution in [-0.2, 0) is 6.42 Å². The Morgan fingerprint density at radius 2 is 1.91 bits per heavy atom. The molecule has 1 saturated heterocycles. The van der Waals surface area contributed by atoms with Crippen LogP contribution in [0.25, 0.3) is 5.69 Å². The van der Waals surface area contributed by atoms with Crippen molar-refractivity contribution >= 4 is 29.0 Å². The van der Waals surface area contributed by atoms with Crippen LogP contribution in [0.5, 0.6) is 0 Å². The fraction of sp³-hybridized carbons (Fsp3) is 0.385. The summed E-state index contributed by atoms with van der Waals surface area (Å²) in [6, 6.07) is 12.1. The Hall–Kier alpha value is -2.35. The summed E-state index contributed by atoms with van der Waals surface area (Å²) in [6.45, 7) is 8.28. The average molecular weight is 480 g/mol. The lowest BCUT2D eigenvalue weighted by Crippen LogP contribution is -2.50. The zero-order chi connectivity index (χ0) is 22.9. The fourth-order valence-corrected chi connectivity index (χ4v) is 7.02. The van der Waals surface area contributed by atoms with Gasteiger partial charge in [-0.25, -0.2) is 0 Å². The van der Waals surface area contributed by atoms with Crippen LogP contribution >= 0.6 is 23.1 Å². The quantitative estimate of drug-likeness (QED) is 0.541. The highest BCUT2D eigenvalue weighted by Gasteiger charge is 2.32. The summed E-state index contributed by atoms with van der Waals surface area (Å²) in [7, 11) is 0. The van der Waals surface area contributed by atoms with Gasteiger partial charge in [0.05, 0.1) is 5.69 Å². The van der Waals surface area contributed by atoms with Gasteiger partial charge in [-0.05, 0) is 54.4 Å². The van der Waals surface area contributed by atoms with E-state index in [1.54, 1.807) is 17.4 Å². The van der Waals surface area contributed by atoms with Gasteiger partial charge in [0, 0.05) is 60.2 Å². The first-order valence-electron chi connectivity index (χ1n) is 11.6. The van der Waals surface area contributed by atoms with Gasteiger partial charge in [0.25, 0.3) is 5.91 Å². The molecule has 1 amide bonds. The number of rotatable bonds is 4. The fourth-order valence-electron chi connectivity index (χ4n) is 4.96. The summed E-state index contributed by atoms with van der Waals surface area (Å²) in [5.74, 6) is -0.117. The molecule has 2 aliphatic heterocycles. The van der Waals surface area contributed by atoms with Crippen molar-refractivity contribution in [2.45, 2.75) is 36.8 Å². The highest BCUT2D eigenvalue weighted by Crippen LogP contribution is 2.44. The highest BCUT2D eigenvalue weighted by atomic mass is 32.2. The predicted molar refractivity (Wildman–Crippen MR) is 136 cm³/mol. The number of para-hydroxylation sites is 1. The molecule has 5 rings (SSSR count). The number of hydrogen-bond acceptors (Lipinski definition) is 5. The second-order valence-corrected chi connectivity index (χ2v) is 10.8. The number of aromatic nitrogens is 1. The largest absolute Gasteiger partial charge is 0.336 e. The molecule has 0 spiro atoms. The molecule has 0 aliphatic carbocycles. The number of carbonyl (C=O) groups excluding carboxylic acids is 1. The van der Waals surface area contributed by atoms with E-state index in [9.17, 15) is 9.59 Å². The van der Waals surface area contributed by atoms with Crippen LogP contribution in [0.3, 0.4) is 0 Å². The molecule has 5 nitrogen and oxygen atoms in total. The number of carbonyl (C=O) groups is 1. The third kappa shape index (κ3) is 4.29. The monoisotopic (exact) mass is 479 g/mol. The van der Waals surface area contributed by atoms with Crippen LogP contribution in [0.4, 0.5) is 0 Å². The van der Waals surface area contributed by atoms with Gasteiger partial charge in [0.1, 0.15) is 5.56 Å². The molecule has 0 N–H and O–H groups in total. The second kappa shape index (κ2) is 9.49. The van der Waals surface area contributed by atoms with Crippen molar-refractivity contribution in [2.75, 3.05) is 32.7 Å². The Morgan fingerprint density at radius 1 is 1.12 bits per heavy atom. The Morgan fingerprint density at radius 3 is 2.64 bits per heavy atom. The molecule has 3 aromatic rings. The van der Waals surface area contributed by atoms with Gasteiger partial charge < -0.3 is 9.47 Å². The summed E-state index contributed by atoms with van der Waals surface area (Å²) in [5.41, 5.74) is 4.20. The van der Waals surface area contributed by atoms with Crippen LogP contribution in [0.1, 0.15) is 45.9 Å². The molecule has 1 atom stereocenters. The highest BCUT2D eigenvalue weighted by molar-refractivity contribution is 7.99.